The number of nitrogens with one attached hydrogen (secondary N) is 2. The van der Waals surface area contributed by atoms with Crippen molar-refractivity contribution in [1.82, 2.24) is 4.72 Å². The summed E-state index contributed by atoms with van der Waals surface area (Å²) in [5.41, 5.74) is 0.810. The summed E-state index contributed by atoms with van der Waals surface area (Å²) in [6.07, 6.45) is 0. The molecule has 0 saturated carbocycles. The minimum Gasteiger partial charge on any atom is -0.325 e. The van der Waals surface area contributed by atoms with Crippen LogP contribution in [0.2, 0.25) is 5.02 Å². The molecule has 0 bridgehead atoms. The molecule has 2 N–H and O–H groups in total. The predicted octanol–water partition coefficient (Wildman–Crippen LogP) is 2.13. The molecule has 0 heterocycles. The van der Waals surface area contributed by atoms with E-state index in [1.807, 2.05) is 6.07 Å². The average molecular weight is 350 g/mol. The fourth-order valence-corrected chi connectivity index (χ4v) is 2.84. The largest absolute Gasteiger partial charge is 0.325 e. The number of benzene rings is 2. The highest BCUT2D eigenvalue weighted by atomic mass is 35.5. The molecule has 0 spiro atoms. The van der Waals surface area contributed by atoms with E-state index in [4.69, 9.17) is 16.9 Å². The first kappa shape index (κ1) is 17.0. The number of rotatable bonds is 5. The Morgan fingerprint density at radius 2 is 1.87 bits per heavy atom. The maximum absolute atomic E-state index is 12.0. The van der Waals surface area contributed by atoms with Crippen LogP contribution in [0.4, 0.5) is 5.69 Å². The Balaban J connectivity index is 1.98. The van der Waals surface area contributed by atoms with E-state index < -0.39 is 22.5 Å². The molecule has 0 saturated heterocycles. The Morgan fingerprint density at radius 3 is 2.52 bits per heavy atom. The van der Waals surface area contributed by atoms with Crippen LogP contribution in [0, 0.1) is 11.3 Å². The summed E-state index contributed by atoms with van der Waals surface area (Å²) in [6.45, 7) is -0.429. The Hall–Kier alpha value is -2.40. The third-order valence-corrected chi connectivity index (χ3v) is 4.49. The topological polar surface area (TPSA) is 99.1 Å². The number of hydrogen-bond acceptors (Lipinski definition) is 4. The van der Waals surface area contributed by atoms with Gasteiger partial charge in [-0.15, -0.1) is 0 Å². The summed E-state index contributed by atoms with van der Waals surface area (Å²) >= 11 is 5.70. The highest BCUT2D eigenvalue weighted by molar-refractivity contribution is 7.89. The standard InChI is InChI=1S/C15H12ClN3O3S/c16-12-4-6-14(7-5-12)23(21,22)18-10-15(20)19-13-3-1-2-11(8-13)9-17/h1-8,18H,10H2,(H,19,20). The van der Waals surface area contributed by atoms with Crippen molar-refractivity contribution in [2.45, 2.75) is 4.90 Å². The van der Waals surface area contributed by atoms with Gasteiger partial charge in [-0.2, -0.15) is 5.26 Å². The Morgan fingerprint density at radius 1 is 1.17 bits per heavy atom. The van der Waals surface area contributed by atoms with E-state index in [1.54, 1.807) is 18.2 Å². The van der Waals surface area contributed by atoms with Gasteiger partial charge >= 0.3 is 0 Å². The molecule has 2 aromatic rings. The minimum absolute atomic E-state index is 0.0150. The smallest absolute Gasteiger partial charge is 0.241 e. The number of halogens is 1. The number of carbonyl (C=O) groups is 1. The second-order valence-corrected chi connectivity index (χ2v) is 6.72. The number of hydrogen-bond donors (Lipinski definition) is 2. The number of carbonyl (C=O) groups excluding carboxylic acids is 1. The third-order valence-electron chi connectivity index (χ3n) is 2.82. The van der Waals surface area contributed by atoms with E-state index in [0.717, 1.165) is 0 Å². The number of sulfonamides is 1. The van der Waals surface area contributed by atoms with Gasteiger partial charge in [0.25, 0.3) is 0 Å². The second-order valence-electron chi connectivity index (χ2n) is 4.52. The maximum atomic E-state index is 12.0. The van der Waals surface area contributed by atoms with Crippen molar-refractivity contribution in [2.24, 2.45) is 0 Å². The van der Waals surface area contributed by atoms with Gasteiger partial charge < -0.3 is 5.32 Å². The molecule has 0 aliphatic carbocycles. The molecule has 0 aliphatic heterocycles. The van der Waals surface area contributed by atoms with Gasteiger partial charge in [0.15, 0.2) is 0 Å². The van der Waals surface area contributed by atoms with Crippen LogP contribution in [0.15, 0.2) is 53.4 Å². The van der Waals surface area contributed by atoms with Gasteiger partial charge in [0.1, 0.15) is 0 Å². The molecule has 23 heavy (non-hydrogen) atoms. The van der Waals surface area contributed by atoms with E-state index in [1.165, 1.54) is 30.3 Å². The summed E-state index contributed by atoms with van der Waals surface area (Å²) in [5, 5.41) is 11.7. The average Bonchev–Trinajstić information content (AvgIpc) is 2.54. The zero-order valence-corrected chi connectivity index (χ0v) is 13.4. The van der Waals surface area contributed by atoms with Crippen molar-refractivity contribution in [1.29, 1.82) is 5.26 Å². The Bertz CT molecular complexity index is 858. The SMILES string of the molecule is N#Cc1cccc(NC(=O)CNS(=O)(=O)c2ccc(Cl)cc2)c1. The third kappa shape index (κ3) is 4.79. The Kier molecular flexibility index (Phi) is 5.34. The van der Waals surface area contributed by atoms with E-state index in [2.05, 4.69) is 10.0 Å². The zero-order valence-electron chi connectivity index (χ0n) is 11.8. The molecular formula is C15H12ClN3O3S. The minimum atomic E-state index is -3.80. The van der Waals surface area contributed by atoms with Crippen LogP contribution in [0.25, 0.3) is 0 Å². The van der Waals surface area contributed by atoms with Gasteiger partial charge in [-0.25, -0.2) is 13.1 Å². The maximum Gasteiger partial charge on any atom is 0.241 e. The molecule has 6 nitrogen and oxygen atoms in total. The number of amides is 1. The first-order valence-electron chi connectivity index (χ1n) is 6.46. The van der Waals surface area contributed by atoms with Gasteiger partial charge in [0.05, 0.1) is 23.1 Å². The first-order chi connectivity index (χ1) is 10.9. The molecule has 1 amide bonds. The lowest BCUT2D eigenvalue weighted by Gasteiger charge is -2.08. The molecule has 0 fully saturated rings. The Labute approximate surface area is 138 Å². The van der Waals surface area contributed by atoms with Crippen LogP contribution in [-0.4, -0.2) is 20.9 Å². The summed E-state index contributed by atoms with van der Waals surface area (Å²) in [7, 11) is -3.80. The lowest BCUT2D eigenvalue weighted by molar-refractivity contribution is -0.115. The van der Waals surface area contributed by atoms with Crippen molar-refractivity contribution >= 4 is 33.2 Å². The molecular weight excluding hydrogens is 338 g/mol. The molecule has 0 aromatic heterocycles. The molecule has 0 unspecified atom stereocenters. The van der Waals surface area contributed by atoms with Crippen LogP contribution < -0.4 is 10.0 Å². The lowest BCUT2D eigenvalue weighted by Crippen LogP contribution is -2.32. The molecule has 118 valence electrons. The second kappa shape index (κ2) is 7.24. The van der Waals surface area contributed by atoms with E-state index in [-0.39, 0.29) is 4.90 Å². The molecule has 2 aromatic carbocycles. The van der Waals surface area contributed by atoms with Crippen molar-refractivity contribution in [3.63, 3.8) is 0 Å². The first-order valence-corrected chi connectivity index (χ1v) is 8.32. The van der Waals surface area contributed by atoms with Crippen LogP contribution in [0.1, 0.15) is 5.56 Å². The highest BCUT2D eigenvalue weighted by Crippen LogP contribution is 2.14. The van der Waals surface area contributed by atoms with Crippen LogP contribution in [0.5, 0.6) is 0 Å². The summed E-state index contributed by atoms with van der Waals surface area (Å²) in [4.78, 5) is 11.8. The van der Waals surface area contributed by atoms with Crippen molar-refractivity contribution in [3.8, 4) is 6.07 Å². The van der Waals surface area contributed by atoms with Gasteiger partial charge in [-0.1, -0.05) is 17.7 Å². The number of nitriles is 1. The summed E-state index contributed by atoms with van der Waals surface area (Å²) in [5.74, 6) is -0.544. The van der Waals surface area contributed by atoms with Gasteiger partial charge in [0, 0.05) is 10.7 Å². The molecule has 0 aliphatic rings. The van der Waals surface area contributed by atoms with Crippen molar-refractivity contribution < 1.29 is 13.2 Å². The highest BCUT2D eigenvalue weighted by Gasteiger charge is 2.15. The summed E-state index contributed by atoms with van der Waals surface area (Å²) < 4.78 is 26.2. The molecule has 0 atom stereocenters. The van der Waals surface area contributed by atoms with Crippen LogP contribution in [-0.2, 0) is 14.8 Å². The van der Waals surface area contributed by atoms with Crippen molar-refractivity contribution in [3.05, 3.63) is 59.1 Å². The zero-order chi connectivity index (χ0) is 16.9. The number of anilines is 1. The van der Waals surface area contributed by atoms with Crippen molar-refractivity contribution in [2.75, 3.05) is 11.9 Å². The molecule has 0 radical (unpaired) electrons. The van der Waals surface area contributed by atoms with E-state index in [0.29, 0.717) is 16.3 Å². The quantitative estimate of drug-likeness (QED) is 0.863. The van der Waals surface area contributed by atoms with Gasteiger partial charge in [-0.05, 0) is 42.5 Å². The molecule has 8 heteroatoms. The van der Waals surface area contributed by atoms with Crippen LogP contribution >= 0.6 is 11.6 Å². The van der Waals surface area contributed by atoms with Gasteiger partial charge in [0.2, 0.25) is 15.9 Å². The normalized spacial score (nSPS) is 10.8. The van der Waals surface area contributed by atoms with Gasteiger partial charge in [-0.3, -0.25) is 4.79 Å². The predicted molar refractivity (Wildman–Crippen MR) is 86.4 cm³/mol. The number of nitrogens with zero attached hydrogens (tertiary/aromatic N) is 1. The fourth-order valence-electron chi connectivity index (χ4n) is 1.73. The van der Waals surface area contributed by atoms with E-state index >= 15 is 0 Å². The fraction of sp³-hybridized carbons (Fsp3) is 0.0667. The van der Waals surface area contributed by atoms with E-state index in [9.17, 15) is 13.2 Å². The monoisotopic (exact) mass is 349 g/mol. The summed E-state index contributed by atoms with van der Waals surface area (Å²) in [6, 6.07) is 13.8. The molecule has 2 rings (SSSR count). The van der Waals surface area contributed by atoms with Crippen LogP contribution in [0.3, 0.4) is 0 Å². The lowest BCUT2D eigenvalue weighted by atomic mass is 10.2.